The van der Waals surface area contributed by atoms with Crippen LogP contribution in [-0.2, 0) is 16.1 Å². The molecule has 0 fully saturated rings. The van der Waals surface area contributed by atoms with Gasteiger partial charge in [-0.15, -0.1) is 0 Å². The van der Waals surface area contributed by atoms with Crippen molar-refractivity contribution in [3.05, 3.63) is 118 Å². The second-order valence-corrected chi connectivity index (χ2v) is 12.3. The maximum atomic E-state index is 14.3. The molecule has 0 saturated carbocycles. The van der Waals surface area contributed by atoms with Crippen molar-refractivity contribution >= 4 is 46.6 Å². The molecule has 0 N–H and O–H groups in total. The van der Waals surface area contributed by atoms with Crippen LogP contribution in [-0.4, -0.2) is 30.4 Å². The summed E-state index contributed by atoms with van der Waals surface area (Å²) in [5.74, 6) is 0.946. The molecule has 0 bridgehead atoms. The molecule has 45 heavy (non-hydrogen) atoms. The van der Waals surface area contributed by atoms with E-state index < -0.39 is 12.0 Å². The molecule has 5 rings (SSSR count). The minimum absolute atomic E-state index is 0.132. The van der Waals surface area contributed by atoms with Crippen LogP contribution in [0.3, 0.4) is 0 Å². The highest BCUT2D eigenvalue weighted by molar-refractivity contribution is 7.07. The van der Waals surface area contributed by atoms with Crippen molar-refractivity contribution < 1.29 is 23.7 Å². The number of hydrogen-bond acceptors (Lipinski definition) is 8. The van der Waals surface area contributed by atoms with Crippen molar-refractivity contribution in [3.63, 3.8) is 0 Å². The van der Waals surface area contributed by atoms with Gasteiger partial charge in [-0.1, -0.05) is 70.9 Å². The molecule has 1 aliphatic rings. The van der Waals surface area contributed by atoms with Gasteiger partial charge in [0.2, 0.25) is 0 Å². The molecule has 0 aliphatic carbocycles. The number of para-hydroxylation sites is 2. The lowest BCUT2D eigenvalue weighted by Crippen LogP contribution is -2.40. The lowest BCUT2D eigenvalue weighted by atomic mass is 9.95. The van der Waals surface area contributed by atoms with Crippen LogP contribution >= 0.6 is 34.5 Å². The highest BCUT2D eigenvalue weighted by Crippen LogP contribution is 2.37. The Morgan fingerprint density at radius 1 is 1.09 bits per heavy atom. The molecule has 11 heteroatoms. The molecule has 1 atom stereocenters. The summed E-state index contributed by atoms with van der Waals surface area (Å²) in [6.07, 6.45) is 1.61. The predicted octanol–water partition coefficient (Wildman–Crippen LogP) is 6.48. The third kappa shape index (κ3) is 6.81. The van der Waals surface area contributed by atoms with Crippen LogP contribution in [0.25, 0.3) is 6.08 Å². The molecule has 0 amide bonds. The molecule has 0 spiro atoms. The first-order chi connectivity index (χ1) is 21.6. The van der Waals surface area contributed by atoms with Crippen LogP contribution in [0.15, 0.2) is 81.7 Å². The zero-order valence-corrected chi connectivity index (χ0v) is 27.8. The van der Waals surface area contributed by atoms with Crippen molar-refractivity contribution in [2.24, 2.45) is 4.99 Å². The van der Waals surface area contributed by atoms with Gasteiger partial charge < -0.3 is 18.9 Å². The van der Waals surface area contributed by atoms with Crippen molar-refractivity contribution in [2.75, 3.05) is 13.7 Å². The van der Waals surface area contributed by atoms with Gasteiger partial charge >= 0.3 is 5.97 Å². The monoisotopic (exact) mass is 666 g/mol. The minimum atomic E-state index is -0.814. The summed E-state index contributed by atoms with van der Waals surface area (Å²) in [5, 5.41) is 0.997. The lowest BCUT2D eigenvalue weighted by molar-refractivity contribution is -0.139. The zero-order chi connectivity index (χ0) is 32.2. The molecule has 3 aromatic carbocycles. The number of methoxy groups -OCH3 is 1. The highest BCUT2D eigenvalue weighted by atomic mass is 35.5. The first kappa shape index (κ1) is 32.3. The average molecular weight is 668 g/mol. The molecule has 2 heterocycles. The fourth-order valence-corrected chi connectivity index (χ4v) is 6.55. The third-order valence-corrected chi connectivity index (χ3v) is 8.57. The summed E-state index contributed by atoms with van der Waals surface area (Å²) in [5.41, 5.74) is 2.43. The van der Waals surface area contributed by atoms with Crippen molar-refractivity contribution in [1.29, 1.82) is 0 Å². The van der Waals surface area contributed by atoms with Gasteiger partial charge in [-0.05, 0) is 58.0 Å². The normalized spacial score (nSPS) is 14.7. The van der Waals surface area contributed by atoms with E-state index in [2.05, 4.69) is 4.99 Å². The number of hydrogen-bond donors (Lipinski definition) is 0. The summed E-state index contributed by atoms with van der Waals surface area (Å²) in [6.45, 7) is 7.65. The van der Waals surface area contributed by atoms with E-state index in [1.165, 1.54) is 15.9 Å². The van der Waals surface area contributed by atoms with Crippen LogP contribution in [0.5, 0.6) is 17.2 Å². The van der Waals surface area contributed by atoms with Crippen molar-refractivity contribution in [3.8, 4) is 17.2 Å². The minimum Gasteiger partial charge on any atom is -0.493 e. The largest absolute Gasteiger partial charge is 0.493 e. The molecule has 0 saturated heterocycles. The van der Waals surface area contributed by atoms with Gasteiger partial charge in [-0.3, -0.25) is 9.36 Å². The number of benzene rings is 3. The molecule has 234 valence electrons. The molecule has 1 aromatic heterocycles. The molecule has 4 aromatic rings. The van der Waals surface area contributed by atoms with Gasteiger partial charge in [0.25, 0.3) is 5.56 Å². The van der Waals surface area contributed by atoms with E-state index in [-0.39, 0.29) is 30.5 Å². The van der Waals surface area contributed by atoms with Gasteiger partial charge in [0.1, 0.15) is 18.4 Å². The average Bonchev–Trinajstić information content (AvgIpc) is 3.30. The van der Waals surface area contributed by atoms with E-state index in [0.29, 0.717) is 53.5 Å². The van der Waals surface area contributed by atoms with E-state index in [1.807, 2.05) is 50.2 Å². The van der Waals surface area contributed by atoms with Crippen molar-refractivity contribution in [1.82, 2.24) is 4.57 Å². The summed E-state index contributed by atoms with van der Waals surface area (Å²) in [4.78, 5) is 32.7. The zero-order valence-electron chi connectivity index (χ0n) is 25.4. The number of carbonyl (C=O) groups excluding carboxylic acids is 1. The Hall–Kier alpha value is -4.05. The van der Waals surface area contributed by atoms with Gasteiger partial charge in [0, 0.05) is 26.7 Å². The Morgan fingerprint density at radius 3 is 2.56 bits per heavy atom. The first-order valence-corrected chi connectivity index (χ1v) is 15.9. The Balaban J connectivity index is 1.66. The van der Waals surface area contributed by atoms with Gasteiger partial charge in [0.05, 0.1) is 35.6 Å². The molecule has 0 unspecified atom stereocenters. The molecule has 8 nitrogen and oxygen atoms in total. The SMILES string of the molecule is CCOC(=O)C1=C(C)N=c2s/c(=C\c3cccc(OC)c3OCc3ccc(Cl)cc3Cl)c(=O)n2[C@H]1c1ccccc1OC(C)C. The van der Waals surface area contributed by atoms with E-state index >= 15 is 0 Å². The van der Waals surface area contributed by atoms with E-state index in [4.69, 9.17) is 42.1 Å². The second kappa shape index (κ2) is 13.9. The number of halogens is 2. The number of esters is 1. The lowest BCUT2D eigenvalue weighted by Gasteiger charge is -2.26. The van der Waals surface area contributed by atoms with Gasteiger partial charge in [-0.2, -0.15) is 0 Å². The fourth-order valence-electron chi connectivity index (χ4n) is 5.05. The number of aromatic nitrogens is 1. The number of carbonyl (C=O) groups is 1. The van der Waals surface area contributed by atoms with E-state index in [9.17, 15) is 9.59 Å². The summed E-state index contributed by atoms with van der Waals surface area (Å²) >= 11 is 13.7. The third-order valence-electron chi connectivity index (χ3n) is 7.00. The number of allylic oxidation sites excluding steroid dienone is 1. The maximum absolute atomic E-state index is 14.3. The highest BCUT2D eigenvalue weighted by Gasteiger charge is 2.35. The molecular formula is C34H32Cl2N2O6S. The molecule has 1 aliphatic heterocycles. The number of nitrogens with zero attached hydrogens (tertiary/aromatic N) is 2. The summed E-state index contributed by atoms with van der Waals surface area (Å²) in [6, 6.07) is 17.2. The number of thiazole rings is 1. The van der Waals surface area contributed by atoms with Crippen molar-refractivity contribution in [2.45, 2.75) is 46.4 Å². The van der Waals surface area contributed by atoms with Crippen LogP contribution in [0, 0.1) is 0 Å². The smallest absolute Gasteiger partial charge is 0.338 e. The Labute approximate surface area is 274 Å². The van der Waals surface area contributed by atoms with Crippen LogP contribution in [0.4, 0.5) is 0 Å². The summed E-state index contributed by atoms with van der Waals surface area (Å²) in [7, 11) is 1.55. The van der Waals surface area contributed by atoms with E-state index in [0.717, 1.165) is 5.56 Å². The van der Waals surface area contributed by atoms with Gasteiger partial charge in [-0.25, -0.2) is 9.79 Å². The predicted molar refractivity (Wildman–Crippen MR) is 176 cm³/mol. The quantitative estimate of drug-likeness (QED) is 0.180. The van der Waals surface area contributed by atoms with Crippen LogP contribution in [0.2, 0.25) is 10.0 Å². The number of fused-ring (bicyclic) bond motifs is 1. The second-order valence-electron chi connectivity index (χ2n) is 10.4. The first-order valence-electron chi connectivity index (χ1n) is 14.3. The topological polar surface area (TPSA) is 88.4 Å². The molecular weight excluding hydrogens is 635 g/mol. The summed E-state index contributed by atoms with van der Waals surface area (Å²) < 4.78 is 25.3. The van der Waals surface area contributed by atoms with Crippen LogP contribution < -0.4 is 29.1 Å². The van der Waals surface area contributed by atoms with E-state index in [1.54, 1.807) is 51.3 Å². The standard InChI is InChI=1S/C34H32Cl2N2O6S/c1-6-42-33(40)29-20(4)37-34-38(30(29)24-11-7-8-12-26(24)44-19(2)3)32(39)28(45-34)16-21-10-9-13-27(41-5)31(21)43-18-22-14-15-23(35)17-25(22)36/h7-17,19,30H,6,18H2,1-5H3/b28-16-/t30-/m0/s1. The maximum Gasteiger partial charge on any atom is 0.338 e. The Morgan fingerprint density at radius 2 is 1.84 bits per heavy atom. The number of ether oxygens (including phenoxy) is 4. The fraction of sp³-hybridized carbons (Fsp3) is 0.265. The Bertz CT molecular complexity index is 1960. The van der Waals surface area contributed by atoms with Gasteiger partial charge in [0.15, 0.2) is 16.3 Å². The molecule has 0 radical (unpaired) electrons. The Kier molecular flexibility index (Phi) is 10.0. The van der Waals surface area contributed by atoms with Crippen LogP contribution in [0.1, 0.15) is 50.4 Å². The number of rotatable bonds is 10.